The van der Waals surface area contributed by atoms with Gasteiger partial charge in [-0.15, -0.1) is 0 Å². The molecule has 0 aromatic carbocycles. The highest BCUT2D eigenvalue weighted by atomic mass is 35.5. The SMILES string of the molecule is Clc1ccc(C2=NCCN2)cn1. The van der Waals surface area contributed by atoms with Gasteiger partial charge in [-0.2, -0.15) is 0 Å². The first-order valence-corrected chi connectivity index (χ1v) is 4.14. The Morgan fingerprint density at radius 2 is 2.33 bits per heavy atom. The number of nitrogens with one attached hydrogen (secondary N) is 1. The van der Waals surface area contributed by atoms with E-state index in [1.807, 2.05) is 6.07 Å². The van der Waals surface area contributed by atoms with Gasteiger partial charge in [0, 0.05) is 18.3 Å². The molecule has 0 aliphatic carbocycles. The molecule has 0 spiro atoms. The molecule has 1 aromatic rings. The van der Waals surface area contributed by atoms with Gasteiger partial charge in [0.25, 0.3) is 0 Å². The van der Waals surface area contributed by atoms with Gasteiger partial charge in [-0.25, -0.2) is 4.98 Å². The molecule has 0 fully saturated rings. The summed E-state index contributed by atoms with van der Waals surface area (Å²) in [5.74, 6) is 0.916. The summed E-state index contributed by atoms with van der Waals surface area (Å²) in [6.07, 6.45) is 1.72. The molecule has 12 heavy (non-hydrogen) atoms. The number of aromatic nitrogens is 1. The largest absolute Gasteiger partial charge is 0.368 e. The molecule has 2 rings (SSSR count). The Bertz CT molecular complexity index is 305. The third-order valence-electron chi connectivity index (χ3n) is 1.67. The third-order valence-corrected chi connectivity index (χ3v) is 1.90. The summed E-state index contributed by atoms with van der Waals surface area (Å²) in [6, 6.07) is 3.67. The van der Waals surface area contributed by atoms with E-state index < -0.39 is 0 Å². The van der Waals surface area contributed by atoms with Gasteiger partial charge in [0.15, 0.2) is 0 Å². The molecule has 1 N–H and O–H groups in total. The van der Waals surface area contributed by atoms with Gasteiger partial charge in [0.05, 0.1) is 6.54 Å². The van der Waals surface area contributed by atoms with E-state index in [4.69, 9.17) is 11.6 Å². The number of pyridine rings is 1. The quantitative estimate of drug-likeness (QED) is 0.659. The zero-order valence-electron chi connectivity index (χ0n) is 6.42. The summed E-state index contributed by atoms with van der Waals surface area (Å²) in [7, 11) is 0. The molecule has 3 nitrogen and oxygen atoms in total. The van der Waals surface area contributed by atoms with Crippen LogP contribution in [0.2, 0.25) is 5.15 Å². The van der Waals surface area contributed by atoms with Crippen molar-refractivity contribution in [2.45, 2.75) is 0 Å². The van der Waals surface area contributed by atoms with Gasteiger partial charge in [0.2, 0.25) is 0 Å². The number of amidine groups is 1. The number of hydrogen-bond acceptors (Lipinski definition) is 3. The Morgan fingerprint density at radius 3 is 2.92 bits per heavy atom. The van der Waals surface area contributed by atoms with Crippen molar-refractivity contribution in [1.82, 2.24) is 10.3 Å². The Balaban J connectivity index is 2.28. The zero-order valence-corrected chi connectivity index (χ0v) is 7.17. The Labute approximate surface area is 75.5 Å². The average Bonchev–Trinajstić information content (AvgIpc) is 2.58. The number of nitrogens with zero attached hydrogens (tertiary/aromatic N) is 2. The molecule has 0 radical (unpaired) electrons. The smallest absolute Gasteiger partial charge is 0.129 e. The van der Waals surface area contributed by atoms with Gasteiger partial charge in [-0.05, 0) is 12.1 Å². The molecule has 0 saturated carbocycles. The van der Waals surface area contributed by atoms with E-state index in [1.165, 1.54) is 0 Å². The molecule has 0 atom stereocenters. The van der Waals surface area contributed by atoms with E-state index in [0.717, 1.165) is 24.5 Å². The van der Waals surface area contributed by atoms with Crippen LogP contribution < -0.4 is 5.32 Å². The lowest BCUT2D eigenvalue weighted by atomic mass is 10.3. The molecule has 0 bridgehead atoms. The van der Waals surface area contributed by atoms with E-state index in [-0.39, 0.29) is 0 Å². The predicted octanol–water partition coefficient (Wildman–Crippen LogP) is 1.08. The van der Waals surface area contributed by atoms with Crippen molar-refractivity contribution < 1.29 is 0 Å². The first-order chi connectivity index (χ1) is 5.86. The Hall–Kier alpha value is -1.09. The summed E-state index contributed by atoms with van der Waals surface area (Å²) in [6.45, 7) is 1.76. The minimum Gasteiger partial charge on any atom is -0.368 e. The van der Waals surface area contributed by atoms with Crippen LogP contribution in [0.15, 0.2) is 23.3 Å². The minimum atomic E-state index is 0.511. The highest BCUT2D eigenvalue weighted by Crippen LogP contribution is 2.06. The van der Waals surface area contributed by atoms with Crippen LogP contribution in [0.3, 0.4) is 0 Å². The topological polar surface area (TPSA) is 37.3 Å². The van der Waals surface area contributed by atoms with Crippen LogP contribution >= 0.6 is 11.6 Å². The molecule has 1 aromatic heterocycles. The number of rotatable bonds is 1. The van der Waals surface area contributed by atoms with Crippen LogP contribution in [0, 0.1) is 0 Å². The van der Waals surface area contributed by atoms with Gasteiger partial charge in [-0.3, -0.25) is 4.99 Å². The molecule has 4 heteroatoms. The van der Waals surface area contributed by atoms with E-state index in [2.05, 4.69) is 15.3 Å². The van der Waals surface area contributed by atoms with Crippen molar-refractivity contribution in [2.75, 3.05) is 13.1 Å². The number of aliphatic imine (C=N–C) groups is 1. The fraction of sp³-hybridized carbons (Fsp3) is 0.250. The Morgan fingerprint density at radius 1 is 1.42 bits per heavy atom. The monoisotopic (exact) mass is 181 g/mol. The van der Waals surface area contributed by atoms with Crippen LogP contribution in [0.25, 0.3) is 0 Å². The maximum absolute atomic E-state index is 5.65. The highest BCUT2D eigenvalue weighted by Gasteiger charge is 2.06. The lowest BCUT2D eigenvalue weighted by Crippen LogP contribution is -2.19. The summed E-state index contributed by atoms with van der Waals surface area (Å²) < 4.78 is 0. The molecular formula is C8H8ClN3. The first kappa shape index (κ1) is 7.55. The minimum absolute atomic E-state index is 0.511. The number of hydrogen-bond donors (Lipinski definition) is 1. The van der Waals surface area contributed by atoms with E-state index in [0.29, 0.717) is 5.15 Å². The van der Waals surface area contributed by atoms with E-state index >= 15 is 0 Å². The van der Waals surface area contributed by atoms with Gasteiger partial charge in [-0.1, -0.05) is 11.6 Å². The van der Waals surface area contributed by atoms with Crippen LogP contribution in [-0.2, 0) is 0 Å². The fourth-order valence-electron chi connectivity index (χ4n) is 1.11. The standard InChI is InChI=1S/C8H8ClN3/c9-7-2-1-6(5-12-7)8-10-3-4-11-8/h1-2,5H,3-4H2,(H,10,11). The second kappa shape index (κ2) is 3.11. The molecular weight excluding hydrogens is 174 g/mol. The van der Waals surface area contributed by atoms with Crippen molar-refractivity contribution in [1.29, 1.82) is 0 Å². The normalized spacial score (nSPS) is 15.6. The summed E-state index contributed by atoms with van der Waals surface area (Å²) in [4.78, 5) is 8.23. The summed E-state index contributed by atoms with van der Waals surface area (Å²) >= 11 is 5.65. The maximum atomic E-state index is 5.65. The van der Waals surface area contributed by atoms with E-state index in [9.17, 15) is 0 Å². The van der Waals surface area contributed by atoms with Crippen LogP contribution in [0.4, 0.5) is 0 Å². The van der Waals surface area contributed by atoms with Crippen molar-refractivity contribution >= 4 is 17.4 Å². The van der Waals surface area contributed by atoms with Crippen molar-refractivity contribution in [3.05, 3.63) is 29.0 Å². The maximum Gasteiger partial charge on any atom is 0.129 e. The Kier molecular flexibility index (Phi) is 1.96. The predicted molar refractivity (Wildman–Crippen MR) is 48.7 cm³/mol. The van der Waals surface area contributed by atoms with Crippen LogP contribution in [0.5, 0.6) is 0 Å². The molecule has 2 heterocycles. The lowest BCUT2D eigenvalue weighted by molar-refractivity contribution is 0.959. The summed E-state index contributed by atoms with van der Waals surface area (Å²) in [5, 5.41) is 3.67. The summed E-state index contributed by atoms with van der Waals surface area (Å²) in [5.41, 5.74) is 0.997. The van der Waals surface area contributed by atoms with E-state index in [1.54, 1.807) is 12.3 Å². The third kappa shape index (κ3) is 1.41. The molecule has 1 aliphatic heterocycles. The molecule has 0 unspecified atom stereocenters. The molecule has 1 aliphatic rings. The van der Waals surface area contributed by atoms with Crippen molar-refractivity contribution in [3.8, 4) is 0 Å². The van der Waals surface area contributed by atoms with Crippen LogP contribution in [-0.4, -0.2) is 23.9 Å². The molecule has 0 saturated heterocycles. The molecule has 62 valence electrons. The van der Waals surface area contributed by atoms with Gasteiger partial charge >= 0.3 is 0 Å². The van der Waals surface area contributed by atoms with Crippen molar-refractivity contribution in [2.24, 2.45) is 4.99 Å². The fourth-order valence-corrected chi connectivity index (χ4v) is 1.22. The second-order valence-electron chi connectivity index (χ2n) is 2.53. The van der Waals surface area contributed by atoms with Crippen molar-refractivity contribution in [3.63, 3.8) is 0 Å². The van der Waals surface area contributed by atoms with Gasteiger partial charge < -0.3 is 5.32 Å². The second-order valence-corrected chi connectivity index (χ2v) is 2.91. The van der Waals surface area contributed by atoms with Gasteiger partial charge in [0.1, 0.15) is 11.0 Å². The average molecular weight is 182 g/mol. The first-order valence-electron chi connectivity index (χ1n) is 3.76. The lowest BCUT2D eigenvalue weighted by Gasteiger charge is -2.00. The zero-order chi connectivity index (χ0) is 8.39. The number of halogens is 1. The highest BCUT2D eigenvalue weighted by molar-refractivity contribution is 6.29. The molecule has 0 amide bonds. The van der Waals surface area contributed by atoms with Crippen LogP contribution in [0.1, 0.15) is 5.56 Å².